The van der Waals surface area contributed by atoms with Crippen LogP contribution in [0.1, 0.15) is 28.5 Å². The molecule has 0 N–H and O–H groups in total. The Balaban J connectivity index is 1.31. The number of thiophene rings is 1. The molecule has 1 amide bonds. The number of carbonyl (C=O) groups excluding carboxylic acids is 1. The molecule has 1 saturated heterocycles. The third-order valence-electron chi connectivity index (χ3n) is 4.76. The molecule has 1 aliphatic heterocycles. The average molecular weight is 393 g/mol. The molecule has 0 unspecified atom stereocenters. The van der Waals surface area contributed by atoms with Gasteiger partial charge in [0.05, 0.1) is 11.3 Å². The Bertz CT molecular complexity index is 1090. The van der Waals surface area contributed by atoms with Gasteiger partial charge in [0.25, 0.3) is 11.8 Å². The lowest BCUT2D eigenvalue weighted by atomic mass is 10.1. The molecule has 0 bridgehead atoms. The molecule has 10 heteroatoms. The van der Waals surface area contributed by atoms with Crippen LogP contribution in [0.3, 0.4) is 0 Å². The largest absolute Gasteiger partial charge is 0.338 e. The maximum atomic E-state index is 12.9. The van der Waals surface area contributed by atoms with Gasteiger partial charge >= 0.3 is 0 Å². The van der Waals surface area contributed by atoms with Crippen LogP contribution in [0.4, 0.5) is 0 Å². The highest BCUT2D eigenvalue weighted by molar-refractivity contribution is 7.08. The molecular formula is C18H15N7O2S. The number of likely N-dealkylation sites (tertiary alicyclic amines) is 1. The van der Waals surface area contributed by atoms with Gasteiger partial charge in [0.15, 0.2) is 5.82 Å². The number of benzene rings is 1. The van der Waals surface area contributed by atoms with Crippen molar-refractivity contribution in [3.63, 3.8) is 0 Å². The van der Waals surface area contributed by atoms with Gasteiger partial charge in [-0.05, 0) is 46.5 Å². The van der Waals surface area contributed by atoms with E-state index in [1.807, 2.05) is 33.9 Å². The zero-order valence-corrected chi connectivity index (χ0v) is 15.5. The number of amides is 1. The summed E-state index contributed by atoms with van der Waals surface area (Å²) >= 11 is 1.58. The number of hydrogen-bond donors (Lipinski definition) is 0. The third-order valence-corrected chi connectivity index (χ3v) is 5.44. The lowest BCUT2D eigenvalue weighted by Crippen LogP contribution is -2.28. The molecule has 0 spiro atoms. The Morgan fingerprint density at radius 1 is 1.29 bits per heavy atom. The second-order valence-corrected chi connectivity index (χ2v) is 7.29. The van der Waals surface area contributed by atoms with Gasteiger partial charge in [-0.1, -0.05) is 11.2 Å². The van der Waals surface area contributed by atoms with Crippen LogP contribution >= 0.6 is 11.3 Å². The average Bonchev–Trinajstić information content (AvgIpc) is 3.52. The van der Waals surface area contributed by atoms with Crippen LogP contribution in [0.5, 0.6) is 0 Å². The Labute approximate surface area is 163 Å². The van der Waals surface area contributed by atoms with E-state index in [-0.39, 0.29) is 11.8 Å². The molecule has 0 radical (unpaired) electrons. The van der Waals surface area contributed by atoms with Gasteiger partial charge in [-0.25, -0.2) is 4.68 Å². The Kier molecular flexibility index (Phi) is 4.17. The van der Waals surface area contributed by atoms with Gasteiger partial charge < -0.3 is 9.42 Å². The number of tetrazole rings is 1. The molecule has 1 aromatic carbocycles. The number of hydrogen-bond acceptors (Lipinski definition) is 8. The summed E-state index contributed by atoms with van der Waals surface area (Å²) < 4.78 is 6.90. The van der Waals surface area contributed by atoms with E-state index in [0.717, 1.165) is 17.7 Å². The predicted molar refractivity (Wildman–Crippen MR) is 100 cm³/mol. The summed E-state index contributed by atoms with van der Waals surface area (Å²) in [6.45, 7) is 1.22. The Morgan fingerprint density at radius 3 is 3.07 bits per heavy atom. The summed E-state index contributed by atoms with van der Waals surface area (Å²) in [4.78, 5) is 19.3. The minimum absolute atomic E-state index is 0.0287. The molecule has 1 atom stereocenters. The smallest absolute Gasteiger partial charge is 0.258 e. The van der Waals surface area contributed by atoms with Crippen LogP contribution in [0.15, 0.2) is 51.9 Å². The molecule has 28 heavy (non-hydrogen) atoms. The summed E-state index contributed by atoms with van der Waals surface area (Å²) in [5.74, 6) is 1.22. The van der Waals surface area contributed by atoms with Crippen LogP contribution in [0.2, 0.25) is 0 Å². The minimum Gasteiger partial charge on any atom is -0.338 e. The van der Waals surface area contributed by atoms with E-state index in [1.54, 1.807) is 23.5 Å². The van der Waals surface area contributed by atoms with Gasteiger partial charge in [0.1, 0.15) is 6.33 Å². The fraction of sp³-hybridized carbons (Fsp3) is 0.222. The monoisotopic (exact) mass is 393 g/mol. The maximum absolute atomic E-state index is 12.9. The van der Waals surface area contributed by atoms with Gasteiger partial charge in [-0.2, -0.15) is 16.3 Å². The van der Waals surface area contributed by atoms with Crippen molar-refractivity contribution in [2.45, 2.75) is 12.3 Å². The molecule has 4 heterocycles. The summed E-state index contributed by atoms with van der Waals surface area (Å²) in [6.07, 6.45) is 2.30. The molecule has 5 rings (SSSR count). The second-order valence-electron chi connectivity index (χ2n) is 6.51. The SMILES string of the molecule is O=C(c1cccc(-n2cnnn2)c1)N1CC[C@@H](c2noc(-c3ccsc3)n2)C1. The zero-order chi connectivity index (χ0) is 18.9. The highest BCUT2D eigenvalue weighted by atomic mass is 32.1. The highest BCUT2D eigenvalue weighted by Crippen LogP contribution is 2.29. The summed E-state index contributed by atoms with van der Waals surface area (Å²) in [5.41, 5.74) is 2.26. The molecule has 3 aromatic heterocycles. The van der Waals surface area contributed by atoms with Crippen molar-refractivity contribution in [2.24, 2.45) is 0 Å². The van der Waals surface area contributed by atoms with Crippen LogP contribution < -0.4 is 0 Å². The van der Waals surface area contributed by atoms with Crippen LogP contribution in [-0.4, -0.2) is 54.2 Å². The first kappa shape index (κ1) is 16.8. The topological polar surface area (TPSA) is 103 Å². The first-order chi connectivity index (χ1) is 13.8. The molecule has 140 valence electrons. The van der Waals surface area contributed by atoms with Crippen molar-refractivity contribution >= 4 is 17.2 Å². The van der Waals surface area contributed by atoms with Crippen molar-refractivity contribution in [1.82, 2.24) is 35.2 Å². The molecule has 0 aliphatic carbocycles. The first-order valence-electron chi connectivity index (χ1n) is 8.77. The van der Waals surface area contributed by atoms with Crippen LogP contribution in [0, 0.1) is 0 Å². The molecule has 4 aromatic rings. The van der Waals surface area contributed by atoms with E-state index in [1.165, 1.54) is 11.0 Å². The summed E-state index contributed by atoms with van der Waals surface area (Å²) in [6, 6.07) is 9.21. The normalized spacial score (nSPS) is 16.6. The highest BCUT2D eigenvalue weighted by Gasteiger charge is 2.31. The number of nitrogens with zero attached hydrogens (tertiary/aromatic N) is 7. The van der Waals surface area contributed by atoms with Crippen molar-refractivity contribution in [2.75, 3.05) is 13.1 Å². The molecule has 9 nitrogen and oxygen atoms in total. The van der Waals surface area contributed by atoms with Crippen molar-refractivity contribution in [1.29, 1.82) is 0 Å². The first-order valence-corrected chi connectivity index (χ1v) is 9.71. The van der Waals surface area contributed by atoms with Gasteiger partial charge in [0.2, 0.25) is 0 Å². The summed E-state index contributed by atoms with van der Waals surface area (Å²) in [7, 11) is 0. The fourth-order valence-corrected chi connectivity index (χ4v) is 3.93. The predicted octanol–water partition coefficient (Wildman–Crippen LogP) is 2.40. The van der Waals surface area contributed by atoms with Gasteiger partial charge in [-0.3, -0.25) is 4.79 Å². The number of carbonyl (C=O) groups is 1. The van der Waals surface area contributed by atoms with E-state index < -0.39 is 0 Å². The zero-order valence-electron chi connectivity index (χ0n) is 14.7. The van der Waals surface area contributed by atoms with E-state index in [9.17, 15) is 4.79 Å². The lowest BCUT2D eigenvalue weighted by molar-refractivity contribution is 0.0790. The molecule has 1 fully saturated rings. The molecule has 1 aliphatic rings. The Morgan fingerprint density at radius 2 is 2.25 bits per heavy atom. The number of aromatic nitrogens is 6. The maximum Gasteiger partial charge on any atom is 0.258 e. The van der Waals surface area contributed by atoms with Crippen LogP contribution in [-0.2, 0) is 0 Å². The number of rotatable bonds is 4. The van der Waals surface area contributed by atoms with Gasteiger partial charge in [-0.15, -0.1) is 5.10 Å². The lowest BCUT2D eigenvalue weighted by Gasteiger charge is -2.16. The van der Waals surface area contributed by atoms with E-state index in [4.69, 9.17) is 4.52 Å². The Hall–Kier alpha value is -3.40. The second kappa shape index (κ2) is 6.97. The molecular weight excluding hydrogens is 378 g/mol. The summed E-state index contributed by atoms with van der Waals surface area (Å²) in [5, 5.41) is 19.2. The van der Waals surface area contributed by atoms with E-state index in [2.05, 4.69) is 25.7 Å². The van der Waals surface area contributed by atoms with Crippen molar-refractivity contribution < 1.29 is 9.32 Å². The fourth-order valence-electron chi connectivity index (χ4n) is 3.30. The van der Waals surface area contributed by atoms with Crippen LogP contribution in [0.25, 0.3) is 17.1 Å². The van der Waals surface area contributed by atoms with E-state index in [0.29, 0.717) is 30.4 Å². The van der Waals surface area contributed by atoms with Crippen molar-refractivity contribution in [3.8, 4) is 17.1 Å². The third kappa shape index (κ3) is 3.07. The van der Waals surface area contributed by atoms with Gasteiger partial charge in [0, 0.05) is 30.0 Å². The molecule has 0 saturated carbocycles. The van der Waals surface area contributed by atoms with E-state index >= 15 is 0 Å². The standard InChI is InChI=1S/C18H15N7O2S/c26-18(12-2-1-3-15(8-12)25-11-19-22-23-25)24-6-4-13(9-24)16-20-17(27-21-16)14-5-7-28-10-14/h1-3,5,7-8,10-11,13H,4,6,9H2/t13-/m1/s1. The minimum atomic E-state index is -0.0287. The quantitative estimate of drug-likeness (QED) is 0.524. The van der Waals surface area contributed by atoms with Crippen molar-refractivity contribution in [3.05, 3.63) is 58.8 Å².